The van der Waals surface area contributed by atoms with Gasteiger partial charge in [-0.15, -0.1) is 0 Å². The van der Waals surface area contributed by atoms with Crippen LogP contribution in [0.25, 0.3) is 0 Å². The molecule has 4 heteroatoms. The summed E-state index contributed by atoms with van der Waals surface area (Å²) >= 11 is 6.03. The van der Waals surface area contributed by atoms with Crippen molar-refractivity contribution in [1.82, 2.24) is 9.97 Å². The molecule has 0 bridgehead atoms. The Morgan fingerprint density at radius 2 is 2.10 bits per heavy atom. The van der Waals surface area contributed by atoms with E-state index in [-0.39, 0.29) is 0 Å². The van der Waals surface area contributed by atoms with E-state index in [4.69, 9.17) is 11.6 Å². The van der Waals surface area contributed by atoms with Crippen molar-refractivity contribution in [1.29, 1.82) is 0 Å². The lowest BCUT2D eigenvalue weighted by Gasteiger charge is -2.34. The molecule has 0 N–H and O–H groups in total. The molecule has 2 aromatic rings. The number of fused-ring (bicyclic) bond motifs is 1. The Labute approximate surface area is 124 Å². The van der Waals surface area contributed by atoms with E-state index >= 15 is 0 Å². The average Bonchev–Trinajstić information content (AvgIpc) is 2.37. The molecule has 104 valence electrons. The number of anilines is 1. The van der Waals surface area contributed by atoms with Crippen molar-refractivity contribution in [3.63, 3.8) is 0 Å². The Morgan fingerprint density at radius 3 is 2.90 bits per heavy atom. The highest BCUT2D eigenvalue weighted by atomic mass is 35.5. The molecule has 0 radical (unpaired) electrons. The van der Waals surface area contributed by atoms with Gasteiger partial charge in [0.05, 0.1) is 6.54 Å². The van der Waals surface area contributed by atoms with E-state index in [0.717, 1.165) is 24.5 Å². The number of rotatable bonds is 2. The van der Waals surface area contributed by atoms with Gasteiger partial charge in [0.1, 0.15) is 11.0 Å². The SMILES string of the molecule is Cc1cc(Cl)nc(CN2CC(C)Cc3ccccc32)n1. The first-order valence-electron chi connectivity index (χ1n) is 6.95. The van der Waals surface area contributed by atoms with Gasteiger partial charge in [0.2, 0.25) is 0 Å². The molecule has 1 aromatic carbocycles. The first-order valence-corrected chi connectivity index (χ1v) is 7.32. The first kappa shape index (κ1) is 13.4. The third-order valence-electron chi connectivity index (χ3n) is 3.63. The topological polar surface area (TPSA) is 29.0 Å². The Morgan fingerprint density at radius 1 is 1.30 bits per heavy atom. The van der Waals surface area contributed by atoms with E-state index in [0.29, 0.717) is 17.6 Å². The van der Waals surface area contributed by atoms with Crippen LogP contribution in [-0.4, -0.2) is 16.5 Å². The normalized spacial score (nSPS) is 17.9. The van der Waals surface area contributed by atoms with Crippen molar-refractivity contribution in [2.45, 2.75) is 26.8 Å². The van der Waals surface area contributed by atoms with Gasteiger partial charge in [-0.05, 0) is 37.0 Å². The maximum Gasteiger partial charge on any atom is 0.149 e. The lowest BCUT2D eigenvalue weighted by molar-refractivity contribution is 0.525. The van der Waals surface area contributed by atoms with Crippen LogP contribution in [0, 0.1) is 12.8 Å². The highest BCUT2D eigenvalue weighted by molar-refractivity contribution is 6.29. The minimum absolute atomic E-state index is 0.519. The lowest BCUT2D eigenvalue weighted by atomic mass is 9.94. The largest absolute Gasteiger partial charge is 0.363 e. The maximum absolute atomic E-state index is 6.03. The van der Waals surface area contributed by atoms with Crippen LogP contribution in [-0.2, 0) is 13.0 Å². The van der Waals surface area contributed by atoms with Crippen molar-refractivity contribution in [3.05, 3.63) is 52.6 Å². The van der Waals surface area contributed by atoms with Gasteiger partial charge in [-0.1, -0.05) is 36.7 Å². The Kier molecular flexibility index (Phi) is 3.62. The molecule has 0 spiro atoms. The van der Waals surface area contributed by atoms with Crippen LogP contribution in [0.2, 0.25) is 5.15 Å². The number of halogens is 1. The number of aromatic nitrogens is 2. The van der Waals surface area contributed by atoms with E-state index in [1.165, 1.54) is 11.3 Å². The zero-order valence-corrected chi connectivity index (χ0v) is 12.6. The van der Waals surface area contributed by atoms with Crippen LogP contribution in [0.3, 0.4) is 0 Å². The van der Waals surface area contributed by atoms with E-state index in [1.54, 1.807) is 6.07 Å². The van der Waals surface area contributed by atoms with E-state index < -0.39 is 0 Å². The highest BCUT2D eigenvalue weighted by Crippen LogP contribution is 2.30. The molecular weight excluding hydrogens is 270 g/mol. The lowest BCUT2D eigenvalue weighted by Crippen LogP contribution is -2.34. The molecule has 1 aliphatic heterocycles. The highest BCUT2D eigenvalue weighted by Gasteiger charge is 2.22. The summed E-state index contributed by atoms with van der Waals surface area (Å²) in [5.41, 5.74) is 3.62. The van der Waals surface area contributed by atoms with Gasteiger partial charge in [-0.3, -0.25) is 0 Å². The van der Waals surface area contributed by atoms with Gasteiger partial charge in [-0.2, -0.15) is 0 Å². The Balaban J connectivity index is 1.91. The second kappa shape index (κ2) is 5.41. The van der Waals surface area contributed by atoms with Crippen molar-refractivity contribution < 1.29 is 0 Å². The van der Waals surface area contributed by atoms with Gasteiger partial charge >= 0.3 is 0 Å². The second-order valence-corrected chi connectivity index (χ2v) is 5.95. The number of hydrogen-bond donors (Lipinski definition) is 0. The van der Waals surface area contributed by atoms with E-state index in [9.17, 15) is 0 Å². The zero-order valence-electron chi connectivity index (χ0n) is 11.8. The van der Waals surface area contributed by atoms with Gasteiger partial charge in [-0.25, -0.2) is 9.97 Å². The minimum Gasteiger partial charge on any atom is -0.363 e. The summed E-state index contributed by atoms with van der Waals surface area (Å²) in [6.07, 6.45) is 1.14. The Bertz CT molecular complexity index is 607. The van der Waals surface area contributed by atoms with Crippen LogP contribution in [0.4, 0.5) is 5.69 Å². The van der Waals surface area contributed by atoms with Crippen LogP contribution < -0.4 is 4.90 Å². The van der Waals surface area contributed by atoms with Gasteiger partial charge in [0.25, 0.3) is 0 Å². The fourth-order valence-corrected chi connectivity index (χ4v) is 3.14. The molecule has 1 aromatic heterocycles. The molecule has 2 heterocycles. The van der Waals surface area contributed by atoms with Gasteiger partial charge in [0.15, 0.2) is 0 Å². The van der Waals surface area contributed by atoms with Crippen LogP contribution in [0.1, 0.15) is 24.0 Å². The summed E-state index contributed by atoms with van der Waals surface area (Å²) in [5.74, 6) is 1.43. The fourth-order valence-electron chi connectivity index (χ4n) is 2.89. The third kappa shape index (κ3) is 2.78. The third-order valence-corrected chi connectivity index (χ3v) is 3.83. The summed E-state index contributed by atoms with van der Waals surface area (Å²) in [6.45, 7) is 5.98. The quantitative estimate of drug-likeness (QED) is 0.790. The first-order chi connectivity index (χ1) is 9.61. The molecule has 1 unspecified atom stereocenters. The van der Waals surface area contributed by atoms with Crippen molar-refractivity contribution in [3.8, 4) is 0 Å². The van der Waals surface area contributed by atoms with Crippen molar-refractivity contribution >= 4 is 17.3 Å². The van der Waals surface area contributed by atoms with Crippen LogP contribution >= 0.6 is 11.6 Å². The average molecular weight is 288 g/mol. The molecule has 20 heavy (non-hydrogen) atoms. The van der Waals surface area contributed by atoms with Crippen LogP contribution in [0.15, 0.2) is 30.3 Å². The molecule has 1 atom stereocenters. The Hall–Kier alpha value is -1.61. The summed E-state index contributed by atoms with van der Waals surface area (Å²) in [5, 5.41) is 0.519. The van der Waals surface area contributed by atoms with Crippen molar-refractivity contribution in [2.24, 2.45) is 5.92 Å². The number of para-hydroxylation sites is 1. The fraction of sp³-hybridized carbons (Fsp3) is 0.375. The smallest absolute Gasteiger partial charge is 0.149 e. The molecule has 3 rings (SSSR count). The minimum atomic E-state index is 0.519. The van der Waals surface area contributed by atoms with Crippen LogP contribution in [0.5, 0.6) is 0 Å². The molecule has 0 saturated carbocycles. The number of nitrogens with zero attached hydrogens (tertiary/aromatic N) is 3. The summed E-state index contributed by atoms with van der Waals surface area (Å²) in [4.78, 5) is 11.2. The molecular formula is C16H18ClN3. The molecule has 3 nitrogen and oxygen atoms in total. The van der Waals surface area contributed by atoms with Crippen molar-refractivity contribution in [2.75, 3.05) is 11.4 Å². The van der Waals surface area contributed by atoms with Gasteiger partial charge < -0.3 is 4.90 Å². The number of benzene rings is 1. The molecule has 0 saturated heterocycles. The monoisotopic (exact) mass is 287 g/mol. The van der Waals surface area contributed by atoms with E-state index in [2.05, 4.69) is 46.1 Å². The molecule has 0 fully saturated rings. The summed E-state index contributed by atoms with van der Waals surface area (Å²) in [7, 11) is 0. The molecule has 0 amide bonds. The maximum atomic E-state index is 6.03. The second-order valence-electron chi connectivity index (χ2n) is 5.57. The standard InChI is InChI=1S/C16H18ClN3/c1-11-7-13-5-3-4-6-14(13)20(9-11)10-16-18-12(2)8-15(17)19-16/h3-6,8,11H,7,9-10H2,1-2H3. The summed E-state index contributed by atoms with van der Waals surface area (Å²) in [6, 6.07) is 10.4. The molecule has 1 aliphatic rings. The predicted molar refractivity (Wildman–Crippen MR) is 82.1 cm³/mol. The number of aryl methyl sites for hydroxylation is 1. The van der Waals surface area contributed by atoms with E-state index in [1.807, 2.05) is 6.92 Å². The number of hydrogen-bond acceptors (Lipinski definition) is 3. The summed E-state index contributed by atoms with van der Waals surface area (Å²) < 4.78 is 0. The van der Waals surface area contributed by atoms with Gasteiger partial charge in [0, 0.05) is 17.9 Å². The zero-order chi connectivity index (χ0) is 14.1. The molecule has 0 aliphatic carbocycles. The predicted octanol–water partition coefficient (Wildman–Crippen LogP) is 3.64.